The number of nitrogens with zero attached hydrogens (tertiary/aromatic N) is 8. The average molecular weight is 1100 g/mol. The van der Waals surface area contributed by atoms with Crippen LogP contribution in [0.1, 0.15) is 18.7 Å². The van der Waals surface area contributed by atoms with Gasteiger partial charge in [0, 0.05) is 19.4 Å². The van der Waals surface area contributed by atoms with E-state index in [1.54, 1.807) is 0 Å². The third-order valence-electron chi connectivity index (χ3n) is 10.9. The first kappa shape index (κ1) is 53.7. The lowest BCUT2D eigenvalue weighted by atomic mass is 10.1. The van der Waals surface area contributed by atoms with E-state index in [1.165, 1.54) is 17.9 Å². The molecule has 0 aliphatic carbocycles. The van der Waals surface area contributed by atoms with Gasteiger partial charge >= 0.3 is 11.3 Å². The maximum atomic E-state index is 13.4. The second-order valence-electron chi connectivity index (χ2n) is 15.6. The molecule has 16 atom stereocenters. The lowest BCUT2D eigenvalue weighted by molar-refractivity contribution is -0.745. The number of H-pyrrole nitrogens is 2. The number of hydrogen-bond donors (Lipinski definition) is 8. The summed E-state index contributed by atoms with van der Waals surface area (Å²) in [4.78, 5) is 108. The summed E-state index contributed by atoms with van der Waals surface area (Å²) in [6.07, 6.45) is -17.1. The van der Waals surface area contributed by atoms with Crippen LogP contribution in [-0.4, -0.2) is 146 Å². The quantitative estimate of drug-likeness (QED) is 0.0281. The molecule has 10 N–H and O–H groups in total. The number of nitrogen functional groups attached to an aromatic ring is 2. The van der Waals surface area contributed by atoms with E-state index in [-0.39, 0.29) is 34.1 Å². The van der Waals surface area contributed by atoms with Crippen molar-refractivity contribution in [1.82, 2.24) is 43.6 Å². The number of aliphatic hydroxyl groups excluding tert-OH is 4. The number of imidazole rings is 2. The zero-order valence-corrected chi connectivity index (χ0v) is 39.9. The van der Waals surface area contributed by atoms with Crippen molar-refractivity contribution in [2.45, 2.75) is 73.6 Å². The van der Waals surface area contributed by atoms with Crippen molar-refractivity contribution in [1.29, 1.82) is 0 Å². The lowest BCUT2D eigenvalue weighted by Crippen LogP contribution is -2.46. The average Bonchev–Trinajstić information content (AvgIpc) is 4.07. The summed E-state index contributed by atoms with van der Waals surface area (Å²) in [5.74, 6) is -0.456. The SMILES string of the molecule is COC1C(OP(=O)([O-])OCC2OC(n3ccc(=O)[nH]c3=O)C(O)C2O)C(COP(=O)([O-])OP(=O)([O-])OP(=O)([O-])OCC2OC([n+]3cn(C)c4c(=O)[nH]c(N)nc43)C(O)C2O)OC1n1cnc2c(N)ncnc21. The standard InChI is InChI=1S/C31H42N12O25P4/c1-40-10-43(25-16(40)26(49)39-30(33)38-25)28-20(48)18(46)12(64-28)6-61-70(53,54)67-72(57,58)68-71(55,56)62-7-13-21(22(59-2)29(65-13)42-9-36-15-23(32)34-8-35-24(15)42)66-69(51,52)60-5-11-17(45)19(47)27(63-11)41-4-3-14(44)37-31(41)50/h3-4,8-13,17-22,27-29,45-48H,5-7H2,1-2H3,(H9-,32,33,34,35,37,38,39,44,49,50,51,52,53,54,55,56,57,58)/p-3. The highest BCUT2D eigenvalue weighted by Crippen LogP contribution is 2.63. The molecule has 0 spiro atoms. The molecule has 3 fully saturated rings. The van der Waals surface area contributed by atoms with Crippen LogP contribution in [0, 0.1) is 0 Å². The van der Waals surface area contributed by atoms with Gasteiger partial charge in [0.15, 0.2) is 30.2 Å². The number of fused-ring (bicyclic) bond motifs is 2. The van der Waals surface area contributed by atoms with Crippen LogP contribution in [0.2, 0.25) is 0 Å². The first-order chi connectivity index (χ1) is 33.7. The van der Waals surface area contributed by atoms with Gasteiger partial charge in [-0.15, -0.1) is 0 Å². The molecule has 5 aromatic heterocycles. The topological polar surface area (TPSA) is 539 Å². The van der Waals surface area contributed by atoms with Crippen molar-refractivity contribution in [3.8, 4) is 0 Å². The number of phosphoric acid groups is 4. The fourth-order valence-corrected chi connectivity index (χ4v) is 12.1. The summed E-state index contributed by atoms with van der Waals surface area (Å²) in [6, 6.07) is 0.900. The molecule has 5 aromatic rings. The molecular weight excluding hydrogens is 1060 g/mol. The van der Waals surface area contributed by atoms with Crippen LogP contribution in [0.5, 0.6) is 0 Å². The number of aromatic nitrogens is 10. The molecule has 0 aromatic carbocycles. The van der Waals surface area contributed by atoms with Crippen LogP contribution in [0.25, 0.3) is 22.3 Å². The van der Waals surface area contributed by atoms with Crippen LogP contribution >= 0.6 is 31.3 Å². The van der Waals surface area contributed by atoms with E-state index in [0.29, 0.717) is 4.57 Å². The molecule has 3 aliphatic heterocycles. The van der Waals surface area contributed by atoms with Crippen molar-refractivity contribution in [3.63, 3.8) is 0 Å². The minimum atomic E-state index is -6.59. The third kappa shape index (κ3) is 11.1. The van der Waals surface area contributed by atoms with E-state index in [2.05, 4.69) is 42.6 Å². The van der Waals surface area contributed by atoms with Crippen molar-refractivity contribution in [2.24, 2.45) is 7.05 Å². The highest BCUT2D eigenvalue weighted by molar-refractivity contribution is 7.65. The third-order valence-corrected chi connectivity index (χ3v) is 16.0. The second kappa shape index (κ2) is 20.2. The van der Waals surface area contributed by atoms with Gasteiger partial charge in [-0.05, 0) is 0 Å². The predicted molar refractivity (Wildman–Crippen MR) is 219 cm³/mol. The number of ether oxygens (including phenoxy) is 4. The number of aryl methyl sites for hydroxylation is 1. The molecule has 3 aliphatic rings. The number of aromatic amines is 2. The van der Waals surface area contributed by atoms with E-state index in [1.807, 2.05) is 4.98 Å². The minimum absolute atomic E-state index is 0.00464. The molecule has 72 heavy (non-hydrogen) atoms. The van der Waals surface area contributed by atoms with Gasteiger partial charge in [0.1, 0.15) is 66.8 Å². The maximum absolute atomic E-state index is 13.4. The number of hydrogen-bond acceptors (Lipinski definition) is 31. The Morgan fingerprint density at radius 2 is 1.38 bits per heavy atom. The molecule has 8 heterocycles. The van der Waals surface area contributed by atoms with E-state index in [9.17, 15) is 72.6 Å². The van der Waals surface area contributed by atoms with E-state index in [4.69, 9.17) is 39.5 Å². The van der Waals surface area contributed by atoms with Crippen LogP contribution in [0.15, 0.2) is 45.6 Å². The minimum Gasteiger partial charge on any atom is -0.756 e. The number of aliphatic hydroxyl groups is 4. The number of phosphoric ester groups is 3. The molecule has 0 radical (unpaired) electrons. The van der Waals surface area contributed by atoms with Gasteiger partial charge in [0.2, 0.25) is 11.7 Å². The molecule has 0 saturated carbocycles. The molecule has 396 valence electrons. The number of nitrogens with two attached hydrogens (primary N) is 2. The fraction of sp³-hybridized carbons (Fsp3) is 0.548. The van der Waals surface area contributed by atoms with Crippen LogP contribution in [-0.2, 0) is 71.0 Å². The van der Waals surface area contributed by atoms with Gasteiger partial charge in [-0.1, -0.05) is 4.98 Å². The Labute approximate surface area is 398 Å². The molecule has 37 nitrogen and oxygen atoms in total. The predicted octanol–water partition coefficient (Wildman–Crippen LogP) is -7.40. The van der Waals surface area contributed by atoms with Gasteiger partial charge in [-0.25, -0.2) is 32.9 Å². The summed E-state index contributed by atoms with van der Waals surface area (Å²) in [6.45, 7) is -3.77. The number of anilines is 2. The van der Waals surface area contributed by atoms with Crippen LogP contribution in [0.3, 0.4) is 0 Å². The Kier molecular flexibility index (Phi) is 15.1. The van der Waals surface area contributed by atoms with Gasteiger partial charge in [-0.2, -0.15) is 0 Å². The monoisotopic (exact) mass is 1100 g/mol. The zero-order valence-electron chi connectivity index (χ0n) is 36.3. The Hall–Kier alpha value is -4.62. The summed E-state index contributed by atoms with van der Waals surface area (Å²) in [7, 11) is -22.4. The Morgan fingerprint density at radius 1 is 0.764 bits per heavy atom. The van der Waals surface area contributed by atoms with Crippen molar-refractivity contribution < 1.29 is 108 Å². The Morgan fingerprint density at radius 3 is 2.03 bits per heavy atom. The van der Waals surface area contributed by atoms with Crippen LogP contribution < -0.4 is 52.4 Å². The molecular formula is C31H39N12O25P4-3. The normalized spacial score (nSPS) is 31.1. The molecule has 0 bridgehead atoms. The number of nitrogens with one attached hydrogen (secondary N) is 2. The smallest absolute Gasteiger partial charge is 0.330 e. The molecule has 41 heteroatoms. The molecule has 0 amide bonds. The van der Waals surface area contributed by atoms with Gasteiger partial charge in [0.25, 0.3) is 48.4 Å². The fourth-order valence-electron chi connectivity index (χ4n) is 7.76. The highest BCUT2D eigenvalue weighted by Gasteiger charge is 2.51. The lowest BCUT2D eigenvalue weighted by Gasteiger charge is -2.35. The first-order valence-electron chi connectivity index (χ1n) is 20.2. The van der Waals surface area contributed by atoms with Crippen molar-refractivity contribution >= 4 is 65.4 Å². The summed E-state index contributed by atoms with van der Waals surface area (Å²) >= 11 is 0. The zero-order chi connectivity index (χ0) is 52.4. The molecule has 16 unspecified atom stereocenters. The molecule has 3 saturated heterocycles. The maximum Gasteiger partial charge on any atom is 0.330 e. The van der Waals surface area contributed by atoms with Gasteiger partial charge in [-0.3, -0.25) is 51.5 Å². The van der Waals surface area contributed by atoms with E-state index >= 15 is 0 Å². The van der Waals surface area contributed by atoms with E-state index < -0.39 is 142 Å². The Bertz CT molecular complexity index is 3230. The van der Waals surface area contributed by atoms with Gasteiger partial charge in [0.05, 0.1) is 33.2 Å². The van der Waals surface area contributed by atoms with E-state index in [0.717, 1.165) is 41.2 Å². The number of rotatable bonds is 19. The van der Waals surface area contributed by atoms with Crippen molar-refractivity contribution in [3.05, 3.63) is 62.4 Å². The first-order valence-corrected chi connectivity index (χ1v) is 26.0. The second-order valence-corrected chi connectivity index (χ2v) is 21.5. The molecule has 8 rings (SSSR count). The summed E-state index contributed by atoms with van der Waals surface area (Å²) < 4.78 is 105. The number of methoxy groups -OCH3 is 1. The van der Waals surface area contributed by atoms with Gasteiger partial charge < -0.3 is 88.5 Å². The summed E-state index contributed by atoms with van der Waals surface area (Å²) in [5, 5.41) is 42.5. The Balaban J connectivity index is 0.930. The largest absolute Gasteiger partial charge is 0.756 e. The highest BCUT2D eigenvalue weighted by atomic mass is 31.3. The summed E-state index contributed by atoms with van der Waals surface area (Å²) in [5.41, 5.74) is 8.74. The van der Waals surface area contributed by atoms with Crippen LogP contribution in [0.4, 0.5) is 11.8 Å². The van der Waals surface area contributed by atoms with Crippen molar-refractivity contribution in [2.75, 3.05) is 38.4 Å².